The fourth-order valence-electron chi connectivity index (χ4n) is 2.19. The molecule has 0 spiro atoms. The molecule has 0 saturated heterocycles. The quantitative estimate of drug-likeness (QED) is 0.787. The van der Waals surface area contributed by atoms with Crippen molar-refractivity contribution in [3.05, 3.63) is 65.2 Å². The summed E-state index contributed by atoms with van der Waals surface area (Å²) in [4.78, 5) is 14.1. The van der Waals surface area contributed by atoms with Gasteiger partial charge in [0.05, 0.1) is 11.6 Å². The third-order valence-electron chi connectivity index (χ3n) is 3.57. The van der Waals surface area contributed by atoms with Crippen molar-refractivity contribution in [2.75, 3.05) is 31.3 Å². The third-order valence-corrected chi connectivity index (χ3v) is 4.58. The molecule has 0 aliphatic heterocycles. The first-order valence-electron chi connectivity index (χ1n) is 7.73. The lowest BCUT2D eigenvalue weighted by molar-refractivity contribution is 0.0956. The average Bonchev–Trinajstić information content (AvgIpc) is 2.61. The van der Waals surface area contributed by atoms with Gasteiger partial charge in [-0.3, -0.25) is 4.79 Å². The number of carbonyl (C=O) groups excluding carboxylic acids is 1. The SMILES string of the molecule is CN(C)c1ccc(C(=O)NCCSCc2ccccc2C#N)cc1. The molecule has 0 bridgehead atoms. The summed E-state index contributed by atoms with van der Waals surface area (Å²) >= 11 is 1.71. The van der Waals surface area contributed by atoms with Crippen molar-refractivity contribution in [2.45, 2.75) is 5.75 Å². The third kappa shape index (κ3) is 5.04. The van der Waals surface area contributed by atoms with Crippen molar-refractivity contribution in [2.24, 2.45) is 0 Å². The Morgan fingerprint density at radius 2 is 1.88 bits per heavy atom. The van der Waals surface area contributed by atoms with Gasteiger partial charge in [0.1, 0.15) is 0 Å². The van der Waals surface area contributed by atoms with Crippen LogP contribution in [-0.4, -0.2) is 32.3 Å². The molecule has 0 fully saturated rings. The maximum Gasteiger partial charge on any atom is 0.251 e. The van der Waals surface area contributed by atoms with Gasteiger partial charge in [-0.1, -0.05) is 18.2 Å². The van der Waals surface area contributed by atoms with E-state index in [1.165, 1.54) is 0 Å². The van der Waals surface area contributed by atoms with Gasteiger partial charge in [0, 0.05) is 43.4 Å². The van der Waals surface area contributed by atoms with E-state index in [2.05, 4.69) is 11.4 Å². The minimum absolute atomic E-state index is 0.0571. The second-order valence-corrected chi connectivity index (χ2v) is 6.62. The summed E-state index contributed by atoms with van der Waals surface area (Å²) in [5.74, 6) is 1.52. The maximum atomic E-state index is 12.1. The summed E-state index contributed by atoms with van der Waals surface area (Å²) in [7, 11) is 3.94. The van der Waals surface area contributed by atoms with E-state index >= 15 is 0 Å². The number of nitrogens with zero attached hydrogens (tertiary/aromatic N) is 2. The maximum absolute atomic E-state index is 12.1. The van der Waals surface area contributed by atoms with E-state index in [-0.39, 0.29) is 5.91 Å². The standard InChI is InChI=1S/C19H21N3OS/c1-22(2)18-9-7-15(8-10-18)19(23)21-11-12-24-14-17-6-4-3-5-16(17)13-20/h3-10H,11-12,14H2,1-2H3,(H,21,23). The minimum atomic E-state index is -0.0571. The Labute approximate surface area is 147 Å². The van der Waals surface area contributed by atoms with Crippen LogP contribution < -0.4 is 10.2 Å². The van der Waals surface area contributed by atoms with Crippen molar-refractivity contribution in [1.29, 1.82) is 5.26 Å². The first kappa shape index (κ1) is 17.9. The summed E-state index contributed by atoms with van der Waals surface area (Å²) in [6.45, 7) is 0.605. The second-order valence-electron chi connectivity index (χ2n) is 5.52. The van der Waals surface area contributed by atoms with Crippen molar-refractivity contribution < 1.29 is 4.79 Å². The predicted molar refractivity (Wildman–Crippen MR) is 100 cm³/mol. The zero-order valence-electron chi connectivity index (χ0n) is 14.0. The number of benzene rings is 2. The van der Waals surface area contributed by atoms with Gasteiger partial charge in [-0.2, -0.15) is 17.0 Å². The number of carbonyl (C=O) groups is 1. The molecule has 2 aromatic carbocycles. The largest absolute Gasteiger partial charge is 0.378 e. The zero-order valence-corrected chi connectivity index (χ0v) is 14.8. The van der Waals surface area contributed by atoms with Crippen LogP contribution >= 0.6 is 11.8 Å². The van der Waals surface area contributed by atoms with Gasteiger partial charge in [-0.05, 0) is 35.9 Å². The molecule has 1 amide bonds. The monoisotopic (exact) mass is 339 g/mol. The highest BCUT2D eigenvalue weighted by atomic mass is 32.2. The molecule has 0 atom stereocenters. The number of anilines is 1. The van der Waals surface area contributed by atoms with Crippen molar-refractivity contribution in [3.8, 4) is 6.07 Å². The molecule has 124 valence electrons. The van der Waals surface area contributed by atoms with Gasteiger partial charge >= 0.3 is 0 Å². The number of hydrogen-bond donors (Lipinski definition) is 1. The minimum Gasteiger partial charge on any atom is -0.378 e. The van der Waals surface area contributed by atoms with E-state index in [9.17, 15) is 4.79 Å². The van der Waals surface area contributed by atoms with E-state index in [4.69, 9.17) is 5.26 Å². The Morgan fingerprint density at radius 1 is 1.17 bits per heavy atom. The van der Waals surface area contributed by atoms with Crippen LogP contribution in [0, 0.1) is 11.3 Å². The van der Waals surface area contributed by atoms with Crippen molar-refractivity contribution >= 4 is 23.4 Å². The topological polar surface area (TPSA) is 56.1 Å². The number of amides is 1. The van der Waals surface area contributed by atoms with Gasteiger partial charge in [-0.25, -0.2) is 0 Å². The van der Waals surface area contributed by atoms with Gasteiger partial charge in [0.15, 0.2) is 0 Å². The van der Waals surface area contributed by atoms with Crippen LogP contribution in [0.3, 0.4) is 0 Å². The molecule has 0 aliphatic carbocycles. The molecule has 1 N–H and O–H groups in total. The van der Waals surface area contributed by atoms with Gasteiger partial charge in [0.25, 0.3) is 5.91 Å². The van der Waals surface area contributed by atoms with Gasteiger partial charge < -0.3 is 10.2 Å². The molecule has 5 heteroatoms. The van der Waals surface area contributed by atoms with Crippen LogP contribution in [0.2, 0.25) is 0 Å². The summed E-state index contributed by atoms with van der Waals surface area (Å²) in [6.07, 6.45) is 0. The highest BCUT2D eigenvalue weighted by Crippen LogP contribution is 2.16. The average molecular weight is 339 g/mol. The zero-order chi connectivity index (χ0) is 17.4. The number of nitrogens with one attached hydrogen (secondary N) is 1. The lowest BCUT2D eigenvalue weighted by Gasteiger charge is -2.12. The number of rotatable bonds is 7. The Hall–Kier alpha value is -2.45. The Kier molecular flexibility index (Phi) is 6.71. The summed E-state index contributed by atoms with van der Waals surface area (Å²) < 4.78 is 0. The molecule has 0 aromatic heterocycles. The number of nitriles is 1. The summed E-state index contributed by atoms with van der Waals surface area (Å²) in [6, 6.07) is 17.3. The van der Waals surface area contributed by atoms with Gasteiger partial charge in [0.2, 0.25) is 0 Å². The molecule has 2 aromatic rings. The number of hydrogen-bond acceptors (Lipinski definition) is 4. The first-order valence-corrected chi connectivity index (χ1v) is 8.88. The molecular weight excluding hydrogens is 318 g/mol. The van der Waals surface area contributed by atoms with E-state index in [0.717, 1.165) is 28.3 Å². The molecule has 0 saturated carbocycles. The Bertz CT molecular complexity index is 720. The molecular formula is C19H21N3OS. The van der Waals surface area contributed by atoms with Crippen LogP contribution in [-0.2, 0) is 5.75 Å². The predicted octanol–water partition coefficient (Wildman–Crippen LogP) is 3.29. The highest BCUT2D eigenvalue weighted by molar-refractivity contribution is 7.98. The van der Waals surface area contributed by atoms with Crippen LogP contribution in [0.1, 0.15) is 21.5 Å². The van der Waals surface area contributed by atoms with E-state index in [1.54, 1.807) is 11.8 Å². The molecule has 24 heavy (non-hydrogen) atoms. The summed E-state index contributed by atoms with van der Waals surface area (Å²) in [5, 5.41) is 12.0. The molecule has 0 aliphatic rings. The molecule has 0 radical (unpaired) electrons. The molecule has 4 nitrogen and oxygen atoms in total. The van der Waals surface area contributed by atoms with Crippen molar-refractivity contribution in [3.63, 3.8) is 0 Å². The van der Waals surface area contributed by atoms with Crippen molar-refractivity contribution in [1.82, 2.24) is 5.32 Å². The number of thioether (sulfide) groups is 1. The molecule has 0 heterocycles. The fraction of sp³-hybridized carbons (Fsp3) is 0.263. The Morgan fingerprint density at radius 3 is 2.54 bits per heavy atom. The van der Waals surface area contributed by atoms with E-state index in [0.29, 0.717) is 12.1 Å². The van der Waals surface area contributed by atoms with Crippen LogP contribution in [0.5, 0.6) is 0 Å². The molecule has 0 unspecified atom stereocenters. The second kappa shape index (κ2) is 8.99. The first-order chi connectivity index (χ1) is 11.6. The summed E-state index contributed by atoms with van der Waals surface area (Å²) in [5.41, 5.74) is 3.49. The lowest BCUT2D eigenvalue weighted by atomic mass is 10.1. The molecule has 2 rings (SSSR count). The van der Waals surface area contributed by atoms with Crippen LogP contribution in [0.4, 0.5) is 5.69 Å². The van der Waals surface area contributed by atoms with Crippen LogP contribution in [0.15, 0.2) is 48.5 Å². The fourth-order valence-corrected chi connectivity index (χ4v) is 3.05. The Balaban J connectivity index is 1.74. The van der Waals surface area contributed by atoms with E-state index < -0.39 is 0 Å². The van der Waals surface area contributed by atoms with Crippen LogP contribution in [0.25, 0.3) is 0 Å². The smallest absolute Gasteiger partial charge is 0.251 e. The highest BCUT2D eigenvalue weighted by Gasteiger charge is 2.05. The normalized spacial score (nSPS) is 10.0. The lowest BCUT2D eigenvalue weighted by Crippen LogP contribution is -2.25. The van der Waals surface area contributed by atoms with Gasteiger partial charge in [-0.15, -0.1) is 0 Å². The van der Waals surface area contributed by atoms with E-state index in [1.807, 2.05) is 67.5 Å².